The van der Waals surface area contributed by atoms with Gasteiger partial charge in [-0.1, -0.05) is 59.3 Å². The maximum atomic E-state index is 12.8. The summed E-state index contributed by atoms with van der Waals surface area (Å²) in [4.78, 5) is 25.9. The molecule has 0 radical (unpaired) electrons. The SMILES string of the molecule is Cc1ccc(-c2nnc(SC(C)C(=O)N3CCNC3=O)n2-c2ccc(C)cc2)cc1. The molecule has 3 amide bonds. The van der Waals surface area contributed by atoms with Gasteiger partial charge in [0.1, 0.15) is 0 Å². The van der Waals surface area contributed by atoms with Crippen LogP contribution in [0.4, 0.5) is 4.79 Å². The molecule has 0 bridgehead atoms. The number of hydrogen-bond acceptors (Lipinski definition) is 5. The first-order valence-corrected chi connectivity index (χ1v) is 10.7. The molecule has 0 spiro atoms. The summed E-state index contributed by atoms with van der Waals surface area (Å²) in [6.07, 6.45) is 0. The van der Waals surface area contributed by atoms with Crippen LogP contribution in [0.1, 0.15) is 18.1 Å². The summed E-state index contributed by atoms with van der Waals surface area (Å²) >= 11 is 1.30. The molecule has 0 aliphatic carbocycles. The van der Waals surface area contributed by atoms with E-state index >= 15 is 0 Å². The quantitative estimate of drug-likeness (QED) is 0.637. The Morgan fingerprint density at radius 1 is 1.03 bits per heavy atom. The van der Waals surface area contributed by atoms with Gasteiger partial charge in [-0.3, -0.25) is 14.3 Å². The van der Waals surface area contributed by atoms with Crippen molar-refractivity contribution in [2.24, 2.45) is 0 Å². The van der Waals surface area contributed by atoms with Crippen molar-refractivity contribution in [1.29, 1.82) is 0 Å². The molecule has 7 nitrogen and oxygen atoms in total. The zero-order valence-electron chi connectivity index (χ0n) is 17.1. The minimum atomic E-state index is -0.479. The van der Waals surface area contributed by atoms with Gasteiger partial charge in [0, 0.05) is 24.3 Å². The van der Waals surface area contributed by atoms with Crippen molar-refractivity contribution in [3.8, 4) is 17.1 Å². The molecular formula is C22H23N5O2S. The molecule has 4 rings (SSSR count). The molecular weight excluding hydrogens is 398 g/mol. The molecule has 1 atom stereocenters. The molecule has 1 aliphatic rings. The van der Waals surface area contributed by atoms with E-state index in [1.165, 1.54) is 16.7 Å². The lowest BCUT2D eigenvalue weighted by atomic mass is 10.1. The number of nitrogens with zero attached hydrogens (tertiary/aromatic N) is 4. The van der Waals surface area contributed by atoms with Crippen LogP contribution in [0, 0.1) is 13.8 Å². The van der Waals surface area contributed by atoms with Crippen molar-refractivity contribution in [1.82, 2.24) is 25.0 Å². The Kier molecular flexibility index (Phi) is 5.59. The molecule has 1 aromatic heterocycles. The number of benzene rings is 2. The first-order valence-electron chi connectivity index (χ1n) is 9.79. The predicted molar refractivity (Wildman–Crippen MR) is 117 cm³/mol. The molecule has 0 saturated carbocycles. The number of hydrogen-bond donors (Lipinski definition) is 1. The number of nitrogens with one attached hydrogen (secondary N) is 1. The Morgan fingerprint density at radius 3 is 2.27 bits per heavy atom. The summed E-state index contributed by atoms with van der Waals surface area (Å²) in [5.41, 5.74) is 4.18. The standard InChI is InChI=1S/C22H23N5O2S/c1-14-4-8-17(9-5-14)19-24-25-22(27(19)18-10-6-15(2)7-11-18)30-16(3)20(28)26-13-12-23-21(26)29/h4-11,16H,12-13H2,1-3H3,(H,23,29). The highest BCUT2D eigenvalue weighted by Gasteiger charge is 2.31. The van der Waals surface area contributed by atoms with Crippen molar-refractivity contribution < 1.29 is 9.59 Å². The summed E-state index contributed by atoms with van der Waals surface area (Å²) in [6.45, 7) is 6.74. The Labute approximate surface area is 179 Å². The van der Waals surface area contributed by atoms with Gasteiger partial charge in [0.2, 0.25) is 5.91 Å². The van der Waals surface area contributed by atoms with Crippen LogP contribution >= 0.6 is 11.8 Å². The Morgan fingerprint density at radius 2 is 1.67 bits per heavy atom. The highest BCUT2D eigenvalue weighted by Crippen LogP contribution is 2.31. The van der Waals surface area contributed by atoms with Crippen LogP contribution in [0.3, 0.4) is 0 Å². The average Bonchev–Trinajstić information content (AvgIpc) is 3.35. The van der Waals surface area contributed by atoms with E-state index in [4.69, 9.17) is 0 Å². The van der Waals surface area contributed by atoms with E-state index in [2.05, 4.69) is 15.5 Å². The normalized spacial score (nSPS) is 14.6. The van der Waals surface area contributed by atoms with Gasteiger partial charge in [-0.2, -0.15) is 0 Å². The first kappa shape index (κ1) is 20.2. The van der Waals surface area contributed by atoms with Gasteiger partial charge in [0.15, 0.2) is 11.0 Å². The van der Waals surface area contributed by atoms with E-state index < -0.39 is 5.25 Å². The number of rotatable bonds is 5. The number of imide groups is 1. The smallest absolute Gasteiger partial charge is 0.324 e. The fourth-order valence-corrected chi connectivity index (χ4v) is 4.20. The molecule has 1 aliphatic heterocycles. The van der Waals surface area contributed by atoms with Crippen LogP contribution in [-0.4, -0.2) is 49.9 Å². The number of aromatic nitrogens is 3. The molecule has 1 saturated heterocycles. The van der Waals surface area contributed by atoms with E-state index in [9.17, 15) is 9.59 Å². The fourth-order valence-electron chi connectivity index (χ4n) is 3.27. The number of aryl methyl sites for hydroxylation is 2. The van der Waals surface area contributed by atoms with Gasteiger partial charge in [-0.05, 0) is 32.9 Å². The predicted octanol–water partition coefficient (Wildman–Crippen LogP) is 3.58. The number of amides is 3. The van der Waals surface area contributed by atoms with Gasteiger partial charge in [0.05, 0.1) is 5.25 Å². The van der Waals surface area contributed by atoms with Gasteiger partial charge >= 0.3 is 6.03 Å². The van der Waals surface area contributed by atoms with Crippen molar-refractivity contribution in [3.05, 3.63) is 59.7 Å². The average molecular weight is 422 g/mol. The Hall–Kier alpha value is -3.13. The van der Waals surface area contributed by atoms with E-state index in [0.717, 1.165) is 22.4 Å². The maximum Gasteiger partial charge on any atom is 0.324 e. The van der Waals surface area contributed by atoms with E-state index in [1.807, 2.05) is 66.9 Å². The Bertz CT molecular complexity index is 1080. The minimum absolute atomic E-state index is 0.231. The van der Waals surface area contributed by atoms with Crippen LogP contribution in [0.5, 0.6) is 0 Å². The highest BCUT2D eigenvalue weighted by molar-refractivity contribution is 8.00. The maximum absolute atomic E-state index is 12.8. The van der Waals surface area contributed by atoms with Gasteiger partial charge < -0.3 is 5.32 Å². The van der Waals surface area contributed by atoms with E-state index in [1.54, 1.807) is 6.92 Å². The molecule has 1 fully saturated rings. The topological polar surface area (TPSA) is 80.1 Å². The number of thioether (sulfide) groups is 1. The Balaban J connectivity index is 1.70. The third-order valence-electron chi connectivity index (χ3n) is 4.99. The van der Waals surface area contributed by atoms with Crippen LogP contribution in [0.25, 0.3) is 17.1 Å². The summed E-state index contributed by atoms with van der Waals surface area (Å²) < 4.78 is 1.96. The van der Waals surface area contributed by atoms with Crippen LogP contribution in [0.2, 0.25) is 0 Å². The van der Waals surface area contributed by atoms with E-state index in [0.29, 0.717) is 24.1 Å². The second-order valence-corrected chi connectivity index (χ2v) is 8.63. The largest absolute Gasteiger partial charge is 0.336 e. The molecule has 1 N–H and O–H groups in total. The second-order valence-electron chi connectivity index (χ2n) is 7.33. The number of carbonyl (C=O) groups excluding carboxylic acids is 2. The second kappa shape index (κ2) is 8.31. The lowest BCUT2D eigenvalue weighted by molar-refractivity contribution is -0.126. The molecule has 1 unspecified atom stereocenters. The van der Waals surface area contributed by atoms with Crippen molar-refractivity contribution in [3.63, 3.8) is 0 Å². The van der Waals surface area contributed by atoms with Crippen LogP contribution in [0.15, 0.2) is 53.7 Å². The third kappa shape index (κ3) is 3.95. The lowest BCUT2D eigenvalue weighted by Gasteiger charge is -2.18. The highest BCUT2D eigenvalue weighted by atomic mass is 32.2. The van der Waals surface area contributed by atoms with Gasteiger partial charge in [-0.25, -0.2) is 4.79 Å². The number of carbonyl (C=O) groups is 2. The minimum Gasteiger partial charge on any atom is -0.336 e. The molecule has 154 valence electrons. The van der Waals surface area contributed by atoms with Gasteiger partial charge in [0.25, 0.3) is 0 Å². The molecule has 8 heteroatoms. The third-order valence-corrected chi connectivity index (χ3v) is 6.02. The van der Waals surface area contributed by atoms with Gasteiger partial charge in [-0.15, -0.1) is 10.2 Å². The zero-order valence-corrected chi connectivity index (χ0v) is 17.9. The molecule has 3 aromatic rings. The fraction of sp³-hybridized carbons (Fsp3) is 0.273. The molecule has 30 heavy (non-hydrogen) atoms. The van der Waals surface area contributed by atoms with E-state index in [-0.39, 0.29) is 11.9 Å². The van der Waals surface area contributed by atoms with Crippen LogP contribution < -0.4 is 5.32 Å². The summed E-state index contributed by atoms with van der Waals surface area (Å²) in [7, 11) is 0. The zero-order chi connectivity index (χ0) is 21.3. The summed E-state index contributed by atoms with van der Waals surface area (Å²) in [6, 6.07) is 15.9. The van der Waals surface area contributed by atoms with Crippen molar-refractivity contribution in [2.75, 3.05) is 13.1 Å². The lowest BCUT2D eigenvalue weighted by Crippen LogP contribution is -2.39. The van der Waals surface area contributed by atoms with Crippen LogP contribution in [-0.2, 0) is 4.79 Å². The molecule has 2 aromatic carbocycles. The first-order chi connectivity index (χ1) is 14.4. The summed E-state index contributed by atoms with van der Waals surface area (Å²) in [5.74, 6) is 0.477. The van der Waals surface area contributed by atoms with Crippen molar-refractivity contribution in [2.45, 2.75) is 31.2 Å². The summed E-state index contributed by atoms with van der Waals surface area (Å²) in [5, 5.41) is 11.6. The van der Waals surface area contributed by atoms with Crippen molar-refractivity contribution >= 4 is 23.7 Å². The monoisotopic (exact) mass is 421 g/mol. The molecule has 2 heterocycles. The number of urea groups is 1.